The summed E-state index contributed by atoms with van der Waals surface area (Å²) >= 11 is 0. The molecule has 0 radical (unpaired) electrons. The average molecular weight is 271 g/mol. The van der Waals surface area contributed by atoms with Crippen molar-refractivity contribution in [2.24, 2.45) is 5.92 Å². The van der Waals surface area contributed by atoms with E-state index in [-0.39, 0.29) is 24.0 Å². The van der Waals surface area contributed by atoms with E-state index in [1.54, 1.807) is 0 Å². The van der Waals surface area contributed by atoms with Gasteiger partial charge in [0, 0.05) is 25.7 Å². The molecule has 2 fully saturated rings. The SMILES string of the molecule is CCN1CCOC(CNC(=O)C2COCC2NC)C1. The summed E-state index contributed by atoms with van der Waals surface area (Å²) in [6.07, 6.45) is 0.105. The summed E-state index contributed by atoms with van der Waals surface area (Å²) in [6, 6.07) is 0.124. The van der Waals surface area contributed by atoms with E-state index in [0.717, 1.165) is 26.2 Å². The number of likely N-dealkylation sites (N-methyl/N-ethyl adjacent to an activating group) is 2. The molecule has 3 atom stereocenters. The first kappa shape index (κ1) is 14.7. The van der Waals surface area contributed by atoms with Crippen LogP contribution in [0.5, 0.6) is 0 Å². The maximum Gasteiger partial charge on any atom is 0.227 e. The van der Waals surface area contributed by atoms with Crippen LogP contribution in [0.1, 0.15) is 6.92 Å². The number of hydrogen-bond acceptors (Lipinski definition) is 5. The van der Waals surface area contributed by atoms with Crippen LogP contribution in [-0.4, -0.2) is 76.0 Å². The number of morpholine rings is 1. The van der Waals surface area contributed by atoms with Gasteiger partial charge in [0.25, 0.3) is 0 Å². The highest BCUT2D eigenvalue weighted by Gasteiger charge is 2.33. The lowest BCUT2D eigenvalue weighted by molar-refractivity contribution is -0.126. The minimum Gasteiger partial charge on any atom is -0.379 e. The molecule has 2 saturated heterocycles. The first-order valence-corrected chi connectivity index (χ1v) is 7.11. The highest BCUT2D eigenvalue weighted by atomic mass is 16.5. The summed E-state index contributed by atoms with van der Waals surface area (Å²) in [5.41, 5.74) is 0. The van der Waals surface area contributed by atoms with Gasteiger partial charge >= 0.3 is 0 Å². The van der Waals surface area contributed by atoms with Gasteiger partial charge in [-0.3, -0.25) is 9.69 Å². The van der Waals surface area contributed by atoms with E-state index >= 15 is 0 Å². The zero-order valence-corrected chi connectivity index (χ0v) is 11.9. The Labute approximate surface area is 114 Å². The van der Waals surface area contributed by atoms with Gasteiger partial charge < -0.3 is 20.1 Å². The molecule has 6 nitrogen and oxygen atoms in total. The van der Waals surface area contributed by atoms with Crippen LogP contribution < -0.4 is 10.6 Å². The monoisotopic (exact) mass is 271 g/mol. The molecule has 0 bridgehead atoms. The van der Waals surface area contributed by atoms with Crippen LogP contribution in [-0.2, 0) is 14.3 Å². The van der Waals surface area contributed by atoms with Gasteiger partial charge in [0.05, 0.1) is 31.8 Å². The highest BCUT2D eigenvalue weighted by molar-refractivity contribution is 5.79. The van der Waals surface area contributed by atoms with Gasteiger partial charge in [-0.05, 0) is 13.6 Å². The van der Waals surface area contributed by atoms with Crippen molar-refractivity contribution >= 4 is 5.91 Å². The first-order chi connectivity index (χ1) is 9.24. The number of nitrogens with one attached hydrogen (secondary N) is 2. The van der Waals surface area contributed by atoms with Crippen LogP contribution >= 0.6 is 0 Å². The molecule has 19 heavy (non-hydrogen) atoms. The second-order valence-corrected chi connectivity index (χ2v) is 5.17. The van der Waals surface area contributed by atoms with Gasteiger partial charge in [-0.25, -0.2) is 0 Å². The number of ether oxygens (including phenoxy) is 2. The molecule has 1 amide bonds. The van der Waals surface area contributed by atoms with E-state index in [1.807, 2.05) is 7.05 Å². The molecule has 2 N–H and O–H groups in total. The Balaban J connectivity index is 1.74. The Morgan fingerprint density at radius 2 is 2.26 bits per heavy atom. The Kier molecular flexibility index (Phi) is 5.57. The minimum atomic E-state index is -0.0872. The number of amides is 1. The largest absolute Gasteiger partial charge is 0.379 e. The van der Waals surface area contributed by atoms with Gasteiger partial charge in [0.15, 0.2) is 0 Å². The third-order valence-electron chi connectivity index (χ3n) is 3.96. The molecule has 110 valence electrons. The van der Waals surface area contributed by atoms with E-state index in [2.05, 4.69) is 22.5 Å². The number of rotatable bonds is 5. The van der Waals surface area contributed by atoms with Crippen LogP contribution in [0.2, 0.25) is 0 Å². The van der Waals surface area contributed by atoms with E-state index in [9.17, 15) is 4.79 Å². The molecule has 0 aliphatic carbocycles. The van der Waals surface area contributed by atoms with Crippen LogP contribution in [0.3, 0.4) is 0 Å². The normalized spacial score (nSPS) is 32.4. The second kappa shape index (κ2) is 7.19. The Morgan fingerprint density at radius 1 is 1.42 bits per heavy atom. The highest BCUT2D eigenvalue weighted by Crippen LogP contribution is 2.13. The molecule has 0 aromatic carbocycles. The van der Waals surface area contributed by atoms with Crippen molar-refractivity contribution in [3.63, 3.8) is 0 Å². The molecule has 2 aliphatic heterocycles. The summed E-state index contributed by atoms with van der Waals surface area (Å²) in [6.45, 7) is 7.51. The quantitative estimate of drug-likeness (QED) is 0.675. The number of carbonyl (C=O) groups excluding carboxylic acids is 1. The maximum atomic E-state index is 12.1. The van der Waals surface area contributed by atoms with Gasteiger partial charge in [-0.15, -0.1) is 0 Å². The first-order valence-electron chi connectivity index (χ1n) is 7.11. The summed E-state index contributed by atoms with van der Waals surface area (Å²) in [4.78, 5) is 14.5. The third kappa shape index (κ3) is 3.89. The predicted molar refractivity (Wildman–Crippen MR) is 72.0 cm³/mol. The zero-order chi connectivity index (χ0) is 13.7. The fourth-order valence-corrected chi connectivity index (χ4v) is 2.63. The van der Waals surface area contributed by atoms with E-state index in [1.165, 1.54) is 0 Å². The fraction of sp³-hybridized carbons (Fsp3) is 0.923. The molecular formula is C13H25N3O3. The number of hydrogen-bond donors (Lipinski definition) is 2. The van der Waals surface area contributed by atoms with Crippen molar-refractivity contribution in [2.75, 3.05) is 53.0 Å². The van der Waals surface area contributed by atoms with Gasteiger partial charge in [-0.2, -0.15) is 0 Å². The van der Waals surface area contributed by atoms with E-state index in [4.69, 9.17) is 9.47 Å². The van der Waals surface area contributed by atoms with Crippen molar-refractivity contribution in [3.8, 4) is 0 Å². The lowest BCUT2D eigenvalue weighted by atomic mass is 10.0. The Bertz CT molecular complexity index is 301. The van der Waals surface area contributed by atoms with Gasteiger partial charge in [0.2, 0.25) is 5.91 Å². The van der Waals surface area contributed by atoms with Crippen LogP contribution in [0.15, 0.2) is 0 Å². The van der Waals surface area contributed by atoms with Crippen LogP contribution in [0.25, 0.3) is 0 Å². The Morgan fingerprint density at radius 3 is 3.00 bits per heavy atom. The third-order valence-corrected chi connectivity index (χ3v) is 3.96. The summed E-state index contributed by atoms with van der Waals surface area (Å²) in [5, 5.41) is 6.12. The molecule has 0 saturated carbocycles. The van der Waals surface area contributed by atoms with Crippen LogP contribution in [0.4, 0.5) is 0 Å². The average Bonchev–Trinajstić information content (AvgIpc) is 2.93. The molecule has 3 unspecified atom stereocenters. The second-order valence-electron chi connectivity index (χ2n) is 5.17. The van der Waals surface area contributed by atoms with E-state index < -0.39 is 0 Å². The number of carbonyl (C=O) groups is 1. The lowest BCUT2D eigenvalue weighted by Crippen LogP contribution is -2.49. The molecule has 6 heteroatoms. The maximum absolute atomic E-state index is 12.1. The molecule has 0 aromatic rings. The molecule has 2 rings (SSSR count). The lowest BCUT2D eigenvalue weighted by Gasteiger charge is -2.32. The number of nitrogens with zero attached hydrogens (tertiary/aromatic N) is 1. The smallest absolute Gasteiger partial charge is 0.227 e. The topological polar surface area (TPSA) is 62.8 Å². The van der Waals surface area contributed by atoms with Crippen LogP contribution in [0, 0.1) is 5.92 Å². The molecule has 2 heterocycles. The van der Waals surface area contributed by atoms with E-state index in [0.29, 0.717) is 19.8 Å². The van der Waals surface area contributed by atoms with Crippen molar-refractivity contribution in [2.45, 2.75) is 19.1 Å². The summed E-state index contributed by atoms with van der Waals surface area (Å²) < 4.78 is 11.0. The Hall–Kier alpha value is -0.690. The van der Waals surface area contributed by atoms with Crippen molar-refractivity contribution in [3.05, 3.63) is 0 Å². The fourth-order valence-electron chi connectivity index (χ4n) is 2.63. The van der Waals surface area contributed by atoms with Gasteiger partial charge in [0.1, 0.15) is 0 Å². The zero-order valence-electron chi connectivity index (χ0n) is 11.9. The van der Waals surface area contributed by atoms with Gasteiger partial charge in [-0.1, -0.05) is 6.92 Å². The molecule has 0 spiro atoms. The summed E-state index contributed by atoms with van der Waals surface area (Å²) in [5.74, 6) is -0.0232. The molecule has 0 aromatic heterocycles. The predicted octanol–water partition coefficient (Wildman–Crippen LogP) is -0.942. The van der Waals surface area contributed by atoms with Crippen molar-refractivity contribution < 1.29 is 14.3 Å². The minimum absolute atomic E-state index is 0.0640. The summed E-state index contributed by atoms with van der Waals surface area (Å²) in [7, 11) is 1.86. The molecular weight excluding hydrogens is 246 g/mol. The van der Waals surface area contributed by atoms with Crippen molar-refractivity contribution in [1.29, 1.82) is 0 Å². The standard InChI is InChI=1S/C13H25N3O3/c1-3-16-4-5-19-10(7-16)6-15-13(17)11-8-18-9-12(11)14-2/h10-12,14H,3-9H2,1-2H3,(H,15,17). The molecule has 2 aliphatic rings. The van der Waals surface area contributed by atoms with Crippen molar-refractivity contribution in [1.82, 2.24) is 15.5 Å².